The Morgan fingerprint density at radius 3 is 2.52 bits per heavy atom. The number of nitrogens with one attached hydrogen (secondary N) is 1. The fourth-order valence-corrected chi connectivity index (χ4v) is 4.63. The Balaban J connectivity index is 2.07. The molecule has 0 spiro atoms. The molecule has 0 saturated heterocycles. The first-order valence-corrected chi connectivity index (χ1v) is 12.3. The van der Waals surface area contributed by atoms with E-state index in [2.05, 4.69) is 5.32 Å². The lowest BCUT2D eigenvalue weighted by Gasteiger charge is -2.30. The Morgan fingerprint density at radius 2 is 1.87 bits per heavy atom. The number of amides is 1. The zero-order valence-corrected chi connectivity index (χ0v) is 19.4. The number of methoxy groups -OCH3 is 1. The number of hydrogen-bond acceptors (Lipinski definition) is 5. The maximum absolute atomic E-state index is 12.9. The van der Waals surface area contributed by atoms with Gasteiger partial charge in [0.25, 0.3) is 0 Å². The molecule has 170 valence electrons. The van der Waals surface area contributed by atoms with Crippen molar-refractivity contribution in [2.24, 2.45) is 0 Å². The van der Waals surface area contributed by atoms with E-state index >= 15 is 0 Å². The summed E-state index contributed by atoms with van der Waals surface area (Å²) in [6.07, 6.45) is 2.90. The molecular weight excluding hydrogens is 416 g/mol. The van der Waals surface area contributed by atoms with Gasteiger partial charge in [0.15, 0.2) is 0 Å². The third kappa shape index (κ3) is 6.89. The number of aryl methyl sites for hydroxylation is 1. The monoisotopic (exact) mass is 448 g/mol. The molecule has 2 aromatic carbocycles. The van der Waals surface area contributed by atoms with Gasteiger partial charge in [-0.3, -0.25) is 9.10 Å². The van der Waals surface area contributed by atoms with Crippen molar-refractivity contribution in [3.05, 3.63) is 54.1 Å². The predicted molar refractivity (Wildman–Crippen MR) is 123 cm³/mol. The van der Waals surface area contributed by atoms with E-state index in [9.17, 15) is 13.2 Å². The van der Waals surface area contributed by atoms with Crippen molar-refractivity contribution in [1.29, 1.82) is 0 Å². The lowest BCUT2D eigenvalue weighted by Crippen LogP contribution is -2.49. The number of benzene rings is 2. The van der Waals surface area contributed by atoms with Crippen LogP contribution >= 0.6 is 0 Å². The van der Waals surface area contributed by atoms with E-state index in [1.807, 2.05) is 31.2 Å². The summed E-state index contributed by atoms with van der Waals surface area (Å²) in [7, 11) is -2.17. The Labute approximate surface area is 185 Å². The Hall–Kier alpha value is -2.74. The van der Waals surface area contributed by atoms with E-state index < -0.39 is 16.1 Å². The minimum Gasteiger partial charge on any atom is -0.497 e. The number of rotatable bonds is 12. The van der Waals surface area contributed by atoms with Crippen LogP contribution in [0.25, 0.3) is 0 Å². The Morgan fingerprint density at radius 1 is 1.13 bits per heavy atom. The molecule has 31 heavy (non-hydrogen) atoms. The van der Waals surface area contributed by atoms with Crippen molar-refractivity contribution >= 4 is 21.6 Å². The van der Waals surface area contributed by atoms with Gasteiger partial charge in [0.05, 0.1) is 25.7 Å². The van der Waals surface area contributed by atoms with E-state index in [0.29, 0.717) is 37.4 Å². The van der Waals surface area contributed by atoms with Crippen LogP contribution in [0.5, 0.6) is 11.5 Å². The summed E-state index contributed by atoms with van der Waals surface area (Å²) in [5.41, 5.74) is 1.48. The predicted octanol–water partition coefficient (Wildman–Crippen LogP) is 3.39. The molecule has 1 atom stereocenters. The Kier molecular flexibility index (Phi) is 9.18. The van der Waals surface area contributed by atoms with Crippen molar-refractivity contribution in [3.8, 4) is 11.5 Å². The van der Waals surface area contributed by atoms with E-state index in [1.54, 1.807) is 31.2 Å². The third-order valence-electron chi connectivity index (χ3n) is 4.83. The molecule has 0 aromatic heterocycles. The molecule has 7 nitrogen and oxygen atoms in total. The van der Waals surface area contributed by atoms with Gasteiger partial charge in [-0.15, -0.1) is 0 Å². The standard InChI is InChI=1S/C23H32N2O5S/c1-5-21(25(31(4,27)28)19-13-9-14-20(17-19)29-3)23(26)24-16-10-12-18-11-7-8-15-22(18)30-6-2/h7-9,11,13-15,17,21H,5-6,10,12,16H2,1-4H3,(H,24,26). The molecule has 0 heterocycles. The highest BCUT2D eigenvalue weighted by atomic mass is 32.2. The average Bonchev–Trinajstić information content (AvgIpc) is 2.75. The smallest absolute Gasteiger partial charge is 0.243 e. The van der Waals surface area contributed by atoms with Crippen LogP contribution in [0, 0.1) is 0 Å². The van der Waals surface area contributed by atoms with Crippen molar-refractivity contribution in [2.45, 2.75) is 39.2 Å². The van der Waals surface area contributed by atoms with Crippen LogP contribution < -0.4 is 19.1 Å². The minimum absolute atomic E-state index is 0.325. The summed E-state index contributed by atoms with van der Waals surface area (Å²) in [5.74, 6) is 1.05. The molecule has 0 aliphatic carbocycles. The van der Waals surface area contributed by atoms with E-state index in [4.69, 9.17) is 9.47 Å². The maximum atomic E-state index is 12.9. The molecule has 2 rings (SSSR count). The maximum Gasteiger partial charge on any atom is 0.243 e. The normalized spacial score (nSPS) is 12.1. The number of carbonyl (C=O) groups is 1. The highest BCUT2D eigenvalue weighted by Gasteiger charge is 2.31. The van der Waals surface area contributed by atoms with Crippen LogP contribution in [0.2, 0.25) is 0 Å². The van der Waals surface area contributed by atoms with Crippen molar-refractivity contribution in [1.82, 2.24) is 5.32 Å². The molecule has 0 saturated carbocycles. The molecular formula is C23H32N2O5S. The van der Waals surface area contributed by atoms with Crippen LogP contribution in [0.4, 0.5) is 5.69 Å². The van der Waals surface area contributed by atoms with Crippen LogP contribution in [0.1, 0.15) is 32.3 Å². The van der Waals surface area contributed by atoms with Gasteiger partial charge in [0.2, 0.25) is 15.9 Å². The van der Waals surface area contributed by atoms with Crippen LogP contribution in [0.3, 0.4) is 0 Å². The van der Waals surface area contributed by atoms with Gasteiger partial charge in [-0.05, 0) is 49.9 Å². The lowest BCUT2D eigenvalue weighted by atomic mass is 10.1. The highest BCUT2D eigenvalue weighted by Crippen LogP contribution is 2.26. The number of nitrogens with zero attached hydrogens (tertiary/aromatic N) is 1. The zero-order chi connectivity index (χ0) is 22.9. The molecule has 1 amide bonds. The molecule has 0 radical (unpaired) electrons. The van der Waals surface area contributed by atoms with Gasteiger partial charge in [0.1, 0.15) is 17.5 Å². The quantitative estimate of drug-likeness (QED) is 0.503. The van der Waals surface area contributed by atoms with Crippen molar-refractivity contribution < 1.29 is 22.7 Å². The molecule has 0 aliphatic rings. The molecule has 1 unspecified atom stereocenters. The molecule has 2 aromatic rings. The van der Waals surface area contributed by atoms with Gasteiger partial charge >= 0.3 is 0 Å². The summed E-state index contributed by atoms with van der Waals surface area (Å²) in [6.45, 7) is 4.77. The number of anilines is 1. The molecule has 8 heteroatoms. The van der Waals surface area contributed by atoms with E-state index in [0.717, 1.165) is 28.3 Å². The fraction of sp³-hybridized carbons (Fsp3) is 0.435. The molecule has 1 N–H and O–H groups in total. The van der Waals surface area contributed by atoms with Crippen LogP contribution in [-0.4, -0.2) is 46.9 Å². The topological polar surface area (TPSA) is 84.9 Å². The SMILES string of the molecule is CCOc1ccccc1CCCNC(=O)C(CC)N(c1cccc(OC)c1)S(C)(=O)=O. The molecule has 0 bridgehead atoms. The number of hydrogen-bond donors (Lipinski definition) is 1. The number of para-hydroxylation sites is 1. The summed E-state index contributed by atoms with van der Waals surface area (Å²) < 4.78 is 37.1. The van der Waals surface area contributed by atoms with Crippen molar-refractivity contribution in [3.63, 3.8) is 0 Å². The van der Waals surface area contributed by atoms with Crippen LogP contribution in [-0.2, 0) is 21.2 Å². The zero-order valence-electron chi connectivity index (χ0n) is 18.6. The summed E-state index contributed by atoms with van der Waals surface area (Å²) in [6, 6.07) is 13.7. The number of carbonyl (C=O) groups excluding carboxylic acids is 1. The number of ether oxygens (including phenoxy) is 2. The number of sulfonamides is 1. The van der Waals surface area contributed by atoms with Crippen LogP contribution in [0.15, 0.2) is 48.5 Å². The van der Waals surface area contributed by atoms with E-state index in [1.165, 1.54) is 7.11 Å². The fourth-order valence-electron chi connectivity index (χ4n) is 3.42. The summed E-state index contributed by atoms with van der Waals surface area (Å²) in [4.78, 5) is 12.9. The largest absolute Gasteiger partial charge is 0.497 e. The highest BCUT2D eigenvalue weighted by molar-refractivity contribution is 7.92. The van der Waals surface area contributed by atoms with Gasteiger partial charge in [0, 0.05) is 12.6 Å². The second-order valence-corrected chi connectivity index (χ2v) is 8.98. The van der Waals surface area contributed by atoms with Gasteiger partial charge in [-0.1, -0.05) is 31.2 Å². The van der Waals surface area contributed by atoms with Crippen molar-refractivity contribution in [2.75, 3.05) is 30.8 Å². The third-order valence-corrected chi connectivity index (χ3v) is 6.01. The first-order chi connectivity index (χ1) is 14.8. The average molecular weight is 449 g/mol. The van der Waals surface area contributed by atoms with E-state index in [-0.39, 0.29) is 5.91 Å². The summed E-state index contributed by atoms with van der Waals surface area (Å²) in [5, 5.41) is 2.89. The molecule has 0 fully saturated rings. The lowest BCUT2D eigenvalue weighted by molar-refractivity contribution is -0.122. The van der Waals surface area contributed by atoms with Gasteiger partial charge in [-0.2, -0.15) is 0 Å². The second kappa shape index (κ2) is 11.6. The van der Waals surface area contributed by atoms with Gasteiger partial charge in [-0.25, -0.2) is 8.42 Å². The Bertz CT molecular complexity index is 962. The second-order valence-electron chi connectivity index (χ2n) is 7.12. The first kappa shape index (κ1) is 24.5. The first-order valence-electron chi connectivity index (χ1n) is 10.4. The van der Waals surface area contributed by atoms with Gasteiger partial charge < -0.3 is 14.8 Å². The molecule has 0 aliphatic heterocycles. The summed E-state index contributed by atoms with van der Waals surface area (Å²) >= 11 is 0. The minimum atomic E-state index is -3.68.